The predicted molar refractivity (Wildman–Crippen MR) is 146 cm³/mol. The van der Waals surface area contributed by atoms with Gasteiger partial charge in [0, 0.05) is 30.2 Å². The largest absolute Gasteiger partial charge is 0.497 e. The topological polar surface area (TPSA) is 63.9 Å². The second kappa shape index (κ2) is 11.5. The van der Waals surface area contributed by atoms with Gasteiger partial charge in [-0.1, -0.05) is 42.5 Å². The number of piperidine rings is 1. The van der Waals surface area contributed by atoms with Crippen molar-refractivity contribution in [2.75, 3.05) is 33.4 Å². The number of likely N-dealkylation sites (tertiary alicyclic amines) is 1. The number of aryl methyl sites for hydroxylation is 2. The summed E-state index contributed by atoms with van der Waals surface area (Å²) in [6, 6.07) is 23.9. The first-order valence-corrected chi connectivity index (χ1v) is 13.0. The van der Waals surface area contributed by atoms with Crippen LogP contribution in [0.3, 0.4) is 0 Å². The number of aromatic carboxylic acids is 1. The van der Waals surface area contributed by atoms with E-state index in [1.165, 1.54) is 22.0 Å². The van der Waals surface area contributed by atoms with Gasteiger partial charge in [-0.05, 0) is 79.7 Å². The van der Waals surface area contributed by atoms with Gasteiger partial charge in [0.25, 0.3) is 0 Å². The highest BCUT2D eigenvalue weighted by Crippen LogP contribution is 2.34. The first-order chi connectivity index (χ1) is 18.1. The van der Waals surface area contributed by atoms with Gasteiger partial charge in [0.15, 0.2) is 0 Å². The number of ether oxygens (including phenoxy) is 2. The standard InChI is InChI=1S/C31H34N2O4/c1-36-25-12-10-23(11-13-25)14-19-33-22-28(26-6-2-4-8-29(26)33)24-15-17-32(18-16-24)20-21-37-30-9-5-3-7-27(30)31(34)35/h2-13,22,24H,14-21H2,1H3,(H,34,35). The van der Waals surface area contributed by atoms with Gasteiger partial charge >= 0.3 is 5.97 Å². The first-order valence-electron chi connectivity index (χ1n) is 13.0. The number of aromatic nitrogens is 1. The van der Waals surface area contributed by atoms with Crippen LogP contribution in [0.1, 0.15) is 40.2 Å². The van der Waals surface area contributed by atoms with Crippen molar-refractivity contribution in [3.8, 4) is 11.5 Å². The summed E-state index contributed by atoms with van der Waals surface area (Å²) in [6.07, 6.45) is 5.57. The minimum atomic E-state index is -0.959. The van der Waals surface area contributed by atoms with Crippen molar-refractivity contribution >= 4 is 16.9 Å². The SMILES string of the molecule is COc1ccc(CCn2cc(C3CCN(CCOc4ccccc4C(=O)O)CC3)c3ccccc32)cc1. The van der Waals surface area contributed by atoms with E-state index in [1.54, 1.807) is 31.4 Å². The van der Waals surface area contributed by atoms with Crippen LogP contribution < -0.4 is 9.47 Å². The van der Waals surface area contributed by atoms with Crippen LogP contribution in [0.25, 0.3) is 10.9 Å². The molecule has 0 aliphatic carbocycles. The molecule has 1 aliphatic rings. The van der Waals surface area contributed by atoms with Crippen LogP contribution in [0.4, 0.5) is 0 Å². The van der Waals surface area contributed by atoms with Crippen molar-refractivity contribution < 1.29 is 19.4 Å². The Labute approximate surface area is 218 Å². The summed E-state index contributed by atoms with van der Waals surface area (Å²) in [4.78, 5) is 13.8. The zero-order valence-electron chi connectivity index (χ0n) is 21.3. The molecule has 1 aromatic heterocycles. The lowest BCUT2D eigenvalue weighted by atomic mass is 9.89. The number of carboxylic acids is 1. The fourth-order valence-corrected chi connectivity index (χ4v) is 5.35. The smallest absolute Gasteiger partial charge is 0.339 e. The van der Waals surface area contributed by atoms with Gasteiger partial charge in [-0.2, -0.15) is 0 Å². The van der Waals surface area contributed by atoms with Crippen LogP contribution in [0.5, 0.6) is 11.5 Å². The quantitative estimate of drug-likeness (QED) is 0.297. The average molecular weight is 499 g/mol. The third-order valence-corrected chi connectivity index (χ3v) is 7.43. The normalized spacial score (nSPS) is 14.6. The molecule has 5 rings (SSSR count). The number of fused-ring (bicyclic) bond motifs is 1. The number of carboxylic acid groups (broad SMARTS) is 1. The van der Waals surface area contributed by atoms with Crippen LogP contribution >= 0.6 is 0 Å². The molecule has 1 saturated heterocycles. The summed E-state index contributed by atoms with van der Waals surface area (Å²) in [7, 11) is 1.70. The minimum absolute atomic E-state index is 0.213. The summed E-state index contributed by atoms with van der Waals surface area (Å²) >= 11 is 0. The Morgan fingerprint density at radius 3 is 2.43 bits per heavy atom. The second-order valence-corrected chi connectivity index (χ2v) is 9.66. The summed E-state index contributed by atoms with van der Waals surface area (Å²) in [6.45, 7) is 4.25. The Bertz CT molecular complexity index is 1340. The highest BCUT2D eigenvalue weighted by atomic mass is 16.5. The van der Waals surface area contributed by atoms with E-state index in [4.69, 9.17) is 9.47 Å². The van der Waals surface area contributed by atoms with E-state index in [2.05, 4.69) is 52.1 Å². The van der Waals surface area contributed by atoms with Crippen molar-refractivity contribution in [3.63, 3.8) is 0 Å². The molecule has 0 unspecified atom stereocenters. The maximum Gasteiger partial charge on any atom is 0.339 e. The van der Waals surface area contributed by atoms with Crippen LogP contribution in [0.15, 0.2) is 79.0 Å². The first kappa shape index (κ1) is 24.9. The molecule has 192 valence electrons. The summed E-state index contributed by atoms with van der Waals surface area (Å²) in [5.74, 6) is 0.907. The Hall–Kier alpha value is -3.77. The van der Waals surface area contributed by atoms with E-state index in [0.717, 1.165) is 51.2 Å². The number of rotatable bonds is 10. The summed E-state index contributed by atoms with van der Waals surface area (Å²) in [5.41, 5.74) is 4.28. The molecule has 0 amide bonds. The van der Waals surface area contributed by atoms with E-state index in [9.17, 15) is 9.90 Å². The lowest BCUT2D eigenvalue weighted by molar-refractivity contribution is 0.0691. The Balaban J connectivity index is 1.19. The maximum atomic E-state index is 11.4. The van der Waals surface area contributed by atoms with Crippen LogP contribution in [0, 0.1) is 0 Å². The molecule has 6 nitrogen and oxygen atoms in total. The van der Waals surface area contributed by atoms with Crippen LogP contribution in [-0.2, 0) is 13.0 Å². The molecular formula is C31H34N2O4. The molecule has 0 bridgehead atoms. The molecule has 0 saturated carbocycles. The third-order valence-electron chi connectivity index (χ3n) is 7.43. The molecule has 2 heterocycles. The predicted octanol–water partition coefficient (Wildman–Crippen LogP) is 5.85. The molecular weight excluding hydrogens is 464 g/mol. The number of nitrogens with zero attached hydrogens (tertiary/aromatic N) is 2. The molecule has 0 atom stereocenters. The summed E-state index contributed by atoms with van der Waals surface area (Å²) < 4.78 is 13.5. The molecule has 1 fully saturated rings. The zero-order valence-corrected chi connectivity index (χ0v) is 21.3. The Morgan fingerprint density at radius 2 is 1.68 bits per heavy atom. The van der Waals surface area contributed by atoms with Crippen molar-refractivity contribution in [1.29, 1.82) is 0 Å². The van der Waals surface area contributed by atoms with Gasteiger partial charge in [-0.25, -0.2) is 4.79 Å². The Morgan fingerprint density at radius 1 is 0.946 bits per heavy atom. The molecule has 1 aliphatic heterocycles. The third kappa shape index (κ3) is 5.81. The summed E-state index contributed by atoms with van der Waals surface area (Å²) in [5, 5.41) is 10.7. The van der Waals surface area contributed by atoms with Gasteiger partial charge < -0.3 is 19.1 Å². The lowest BCUT2D eigenvalue weighted by Crippen LogP contribution is -2.35. The van der Waals surface area contributed by atoms with Crippen molar-refractivity contribution in [2.45, 2.75) is 31.7 Å². The lowest BCUT2D eigenvalue weighted by Gasteiger charge is -2.31. The highest BCUT2D eigenvalue weighted by Gasteiger charge is 2.24. The van der Waals surface area contributed by atoms with Crippen molar-refractivity contribution in [1.82, 2.24) is 9.47 Å². The van der Waals surface area contributed by atoms with E-state index in [-0.39, 0.29) is 5.56 Å². The molecule has 3 aromatic carbocycles. The van der Waals surface area contributed by atoms with E-state index >= 15 is 0 Å². The number of carbonyl (C=O) groups is 1. The number of hydrogen-bond donors (Lipinski definition) is 1. The van der Waals surface area contributed by atoms with Crippen LogP contribution in [-0.4, -0.2) is 53.9 Å². The second-order valence-electron chi connectivity index (χ2n) is 9.66. The fraction of sp³-hybridized carbons (Fsp3) is 0.323. The van der Waals surface area contributed by atoms with Gasteiger partial charge in [-0.3, -0.25) is 4.90 Å². The van der Waals surface area contributed by atoms with E-state index in [1.807, 2.05) is 12.1 Å². The number of hydrogen-bond acceptors (Lipinski definition) is 4. The van der Waals surface area contributed by atoms with E-state index in [0.29, 0.717) is 18.3 Å². The molecule has 0 radical (unpaired) electrons. The van der Waals surface area contributed by atoms with Gasteiger partial charge in [0.2, 0.25) is 0 Å². The van der Waals surface area contributed by atoms with Gasteiger partial charge in [0.1, 0.15) is 23.7 Å². The fourth-order valence-electron chi connectivity index (χ4n) is 5.35. The molecule has 0 spiro atoms. The molecule has 4 aromatic rings. The van der Waals surface area contributed by atoms with E-state index < -0.39 is 5.97 Å². The van der Waals surface area contributed by atoms with Gasteiger partial charge in [-0.15, -0.1) is 0 Å². The Kier molecular flexibility index (Phi) is 7.76. The monoisotopic (exact) mass is 498 g/mol. The molecule has 1 N–H and O–H groups in total. The van der Waals surface area contributed by atoms with Crippen molar-refractivity contribution in [2.24, 2.45) is 0 Å². The molecule has 37 heavy (non-hydrogen) atoms. The highest BCUT2D eigenvalue weighted by molar-refractivity contribution is 5.90. The average Bonchev–Trinajstić information content (AvgIpc) is 3.31. The minimum Gasteiger partial charge on any atom is -0.497 e. The molecule has 6 heteroatoms. The van der Waals surface area contributed by atoms with Gasteiger partial charge in [0.05, 0.1) is 7.11 Å². The number of benzene rings is 3. The zero-order chi connectivity index (χ0) is 25.6. The number of para-hydroxylation sites is 2. The maximum absolute atomic E-state index is 11.4. The van der Waals surface area contributed by atoms with Crippen LogP contribution in [0.2, 0.25) is 0 Å². The van der Waals surface area contributed by atoms with Crippen molar-refractivity contribution in [3.05, 3.63) is 95.7 Å². The number of methoxy groups -OCH3 is 1.